The van der Waals surface area contributed by atoms with Crippen LogP contribution in [0.5, 0.6) is 0 Å². The van der Waals surface area contributed by atoms with Crippen LogP contribution in [-0.2, 0) is 63.5 Å². The number of nitrogens with zero attached hydrogens (tertiary/aromatic N) is 9. The van der Waals surface area contributed by atoms with Crippen molar-refractivity contribution in [2.24, 2.45) is 15.3 Å². The van der Waals surface area contributed by atoms with Gasteiger partial charge in [-0.25, -0.2) is 14.4 Å². The standard InChI is InChI=1S/C53H59N9O15/c1-31-39(57-60-54)42(45(69-30-34-20-10-5-11-21-34)51(70-31)68-29-19-9-18-28-38(63)67-4)76-53-47(44(41(59-62-56)33(3)72-53)74-49(65)36-24-14-7-15-25-36)77-52-46(75-50(66)37-26-16-8-17-27-37)43(40(58-61-55)32(2)71-52)73-48(64)35-22-12-6-13-23-35/h5-8,10-17,20-27,31-33,39-47,51-53H,9,18-19,28-30H2,1-4H3/t31?,32?,33?,39?,40?,41?,42?,43?,44?,45?,46?,47?,51-,52+,53+/m0/s1. The first-order chi connectivity index (χ1) is 37.4. The monoisotopic (exact) mass is 1060 g/mol. The average Bonchev–Trinajstić information content (AvgIpc) is 3.46. The van der Waals surface area contributed by atoms with Crippen LogP contribution in [0.4, 0.5) is 0 Å². The minimum absolute atomic E-state index is 0.0130. The molecule has 0 N–H and O–H groups in total. The molecule has 77 heavy (non-hydrogen) atoms. The van der Waals surface area contributed by atoms with Gasteiger partial charge >= 0.3 is 23.9 Å². The van der Waals surface area contributed by atoms with E-state index in [1.165, 1.54) is 50.4 Å². The van der Waals surface area contributed by atoms with E-state index in [-0.39, 0.29) is 42.3 Å². The van der Waals surface area contributed by atoms with Crippen LogP contribution in [0.2, 0.25) is 0 Å². The lowest BCUT2D eigenvalue weighted by molar-refractivity contribution is -0.366. The van der Waals surface area contributed by atoms with Crippen molar-refractivity contribution in [3.05, 3.63) is 175 Å². The second kappa shape index (κ2) is 28.5. The third-order valence-corrected chi connectivity index (χ3v) is 13.0. The van der Waals surface area contributed by atoms with Crippen molar-refractivity contribution >= 4 is 23.9 Å². The molecule has 3 heterocycles. The molecule has 3 aliphatic rings. The van der Waals surface area contributed by atoms with Crippen molar-refractivity contribution in [3.63, 3.8) is 0 Å². The van der Waals surface area contributed by atoms with Crippen LogP contribution in [0.1, 0.15) is 83.1 Å². The van der Waals surface area contributed by atoms with Gasteiger partial charge in [-0.3, -0.25) is 4.79 Å². The number of ether oxygens (including phenoxy) is 11. The summed E-state index contributed by atoms with van der Waals surface area (Å²) in [6, 6.07) is 29.0. The lowest BCUT2D eigenvalue weighted by atomic mass is 9.94. The second-order valence-electron chi connectivity index (χ2n) is 18.1. The van der Waals surface area contributed by atoms with Gasteiger partial charge in [0.25, 0.3) is 0 Å². The highest BCUT2D eigenvalue weighted by Crippen LogP contribution is 2.39. The lowest BCUT2D eigenvalue weighted by Gasteiger charge is -2.50. The normalized spacial score (nSPS) is 28.7. The zero-order chi connectivity index (χ0) is 54.7. The van der Waals surface area contributed by atoms with E-state index in [1.54, 1.807) is 68.4 Å². The van der Waals surface area contributed by atoms with E-state index in [9.17, 15) is 35.8 Å². The van der Waals surface area contributed by atoms with Gasteiger partial charge in [0, 0.05) is 27.8 Å². The predicted octanol–water partition coefficient (Wildman–Crippen LogP) is 9.04. The summed E-state index contributed by atoms with van der Waals surface area (Å²) in [5.74, 6) is -3.03. The molecule has 4 aromatic carbocycles. The fraction of sp³-hybridized carbons (Fsp3) is 0.472. The number of azide groups is 3. The second-order valence-corrected chi connectivity index (χ2v) is 18.1. The Bertz CT molecular complexity index is 2720. The van der Waals surface area contributed by atoms with E-state index in [1.807, 2.05) is 30.3 Å². The fourth-order valence-electron chi connectivity index (χ4n) is 9.06. The van der Waals surface area contributed by atoms with E-state index < -0.39 is 110 Å². The van der Waals surface area contributed by atoms with Crippen LogP contribution in [0.15, 0.2) is 137 Å². The minimum Gasteiger partial charge on any atom is -0.469 e. The highest BCUT2D eigenvalue weighted by atomic mass is 16.8. The molecule has 0 bridgehead atoms. The van der Waals surface area contributed by atoms with Crippen molar-refractivity contribution in [1.82, 2.24) is 0 Å². The summed E-state index contributed by atoms with van der Waals surface area (Å²) in [6.07, 6.45) is -15.2. The summed E-state index contributed by atoms with van der Waals surface area (Å²) in [4.78, 5) is 63.3. The van der Waals surface area contributed by atoms with Crippen LogP contribution < -0.4 is 0 Å². The molecule has 0 aromatic heterocycles. The molecule has 3 fully saturated rings. The molecule has 0 amide bonds. The van der Waals surface area contributed by atoms with E-state index >= 15 is 0 Å². The van der Waals surface area contributed by atoms with Gasteiger partial charge in [-0.2, -0.15) is 0 Å². The average molecular weight is 1060 g/mol. The number of methoxy groups -OCH3 is 1. The number of benzene rings is 4. The van der Waals surface area contributed by atoms with Crippen LogP contribution in [0.25, 0.3) is 31.3 Å². The minimum atomic E-state index is -1.81. The molecule has 406 valence electrons. The Balaban J connectivity index is 1.33. The molecule has 0 spiro atoms. The number of carbonyl (C=O) groups excluding carboxylic acids is 4. The van der Waals surface area contributed by atoms with Crippen LogP contribution >= 0.6 is 0 Å². The number of hydrogen-bond donors (Lipinski definition) is 0. The summed E-state index contributed by atoms with van der Waals surface area (Å²) in [6.45, 7) is 4.84. The number of rotatable bonds is 23. The predicted molar refractivity (Wildman–Crippen MR) is 270 cm³/mol. The Morgan fingerprint density at radius 1 is 0.481 bits per heavy atom. The zero-order valence-corrected chi connectivity index (χ0v) is 42.6. The quantitative estimate of drug-likeness (QED) is 0.0167. The Hall–Kier alpha value is -7.59. The van der Waals surface area contributed by atoms with E-state index in [0.717, 1.165) is 5.56 Å². The molecular formula is C53H59N9O15. The molecule has 0 saturated carbocycles. The van der Waals surface area contributed by atoms with Crippen molar-refractivity contribution < 1.29 is 71.3 Å². The smallest absolute Gasteiger partial charge is 0.338 e. The molecule has 24 heteroatoms. The SMILES string of the molecule is COC(=O)CCCCCO[C@H]1OC(C)C(N=[N+]=[N-])C(O[C@H]2OC(C)C(N=[N+]=[N-])C(OC(=O)c3ccccc3)C2O[C@H]2OC(C)C(N=[N+]=[N-])C(OC(=O)c3ccccc3)C2OC(=O)c2ccccc2)C1OCc1ccccc1. The maximum Gasteiger partial charge on any atom is 0.338 e. The Labute approximate surface area is 442 Å². The third kappa shape index (κ3) is 15.1. The van der Waals surface area contributed by atoms with Crippen molar-refractivity contribution in [3.8, 4) is 0 Å². The highest BCUT2D eigenvalue weighted by Gasteiger charge is 2.57. The summed E-state index contributed by atoms with van der Waals surface area (Å²) in [5, 5.41) is 12.1. The maximum absolute atomic E-state index is 14.2. The van der Waals surface area contributed by atoms with Gasteiger partial charge in [-0.05, 0) is 92.2 Å². The van der Waals surface area contributed by atoms with E-state index in [4.69, 9.17) is 52.1 Å². The van der Waals surface area contributed by atoms with Crippen molar-refractivity contribution in [2.45, 2.75) is 145 Å². The molecule has 4 aromatic rings. The number of esters is 4. The van der Waals surface area contributed by atoms with Gasteiger partial charge in [0.1, 0.15) is 36.5 Å². The maximum atomic E-state index is 14.2. The van der Waals surface area contributed by atoms with E-state index in [2.05, 4.69) is 30.1 Å². The Morgan fingerprint density at radius 3 is 1.35 bits per heavy atom. The first-order valence-electron chi connectivity index (χ1n) is 25.0. The summed E-state index contributed by atoms with van der Waals surface area (Å²) < 4.78 is 69.6. The molecule has 24 nitrogen and oxygen atoms in total. The molecule has 0 aliphatic carbocycles. The number of unbranched alkanes of at least 4 members (excludes halogenated alkanes) is 2. The molecule has 15 atom stereocenters. The molecule has 12 unspecified atom stereocenters. The van der Waals surface area contributed by atoms with Crippen molar-refractivity contribution in [1.29, 1.82) is 0 Å². The first-order valence-corrected chi connectivity index (χ1v) is 25.0. The summed E-state index contributed by atoms with van der Waals surface area (Å²) in [7, 11) is 1.32. The topological polar surface area (TPSA) is 316 Å². The first kappa shape index (κ1) is 57.1. The summed E-state index contributed by atoms with van der Waals surface area (Å²) >= 11 is 0. The van der Waals surface area contributed by atoms with Crippen LogP contribution in [0.3, 0.4) is 0 Å². The van der Waals surface area contributed by atoms with Gasteiger partial charge in [0.05, 0.1) is 54.8 Å². The Kier molecular flexibility index (Phi) is 21.2. The zero-order valence-electron chi connectivity index (χ0n) is 42.6. The van der Waals surface area contributed by atoms with Gasteiger partial charge < -0.3 is 52.1 Å². The molecule has 0 radical (unpaired) electrons. The van der Waals surface area contributed by atoms with Gasteiger partial charge in [-0.1, -0.05) is 107 Å². The number of hydrogen-bond acceptors (Lipinski definition) is 18. The van der Waals surface area contributed by atoms with Crippen LogP contribution in [0, 0.1) is 0 Å². The fourth-order valence-corrected chi connectivity index (χ4v) is 9.06. The molecule has 3 saturated heterocycles. The van der Waals surface area contributed by atoms with Crippen LogP contribution in [-0.4, -0.2) is 130 Å². The number of carbonyl (C=O) groups is 4. The van der Waals surface area contributed by atoms with Gasteiger partial charge in [0.2, 0.25) is 0 Å². The molecule has 7 rings (SSSR count). The van der Waals surface area contributed by atoms with Crippen molar-refractivity contribution in [2.75, 3.05) is 13.7 Å². The van der Waals surface area contributed by atoms with E-state index in [0.29, 0.717) is 19.3 Å². The highest BCUT2D eigenvalue weighted by molar-refractivity contribution is 5.91. The Morgan fingerprint density at radius 2 is 0.883 bits per heavy atom. The van der Waals surface area contributed by atoms with Gasteiger partial charge in [-0.15, -0.1) is 0 Å². The third-order valence-electron chi connectivity index (χ3n) is 13.0. The summed E-state index contributed by atoms with van der Waals surface area (Å²) in [5.41, 5.74) is 30.9. The largest absolute Gasteiger partial charge is 0.469 e. The molecule has 3 aliphatic heterocycles. The molecular weight excluding hydrogens is 1000 g/mol. The lowest BCUT2D eigenvalue weighted by Crippen LogP contribution is -2.66. The van der Waals surface area contributed by atoms with Gasteiger partial charge in [0.15, 0.2) is 31.1 Å².